The molecule has 0 fully saturated rings. The standard InChI is InChI=1S/2C11H10O4.2C2H6O.Zr/c2*12-9(7-11(14)15)6-10(13)8-4-2-1-3-5-8;2*1-2-3;/h2*1-5H,6-7H2,(H,14,15);2*3H,2H2,1H3;/q;;;;+2/p-2. The summed E-state index contributed by atoms with van der Waals surface area (Å²) in [4.78, 5) is 65.0. The van der Waals surface area contributed by atoms with Crippen LogP contribution in [0.4, 0.5) is 0 Å². The number of carbonyl (C=O) groups is 6. The minimum Gasteiger partial charge on any atom is -0.550 e. The number of hydrogen-bond acceptors (Lipinski definition) is 10. The number of hydrogen-bond donors (Lipinski definition) is 2. The first kappa shape index (κ1) is 38.4. The normalized spacial score (nSPS) is 8.76. The van der Waals surface area contributed by atoms with Crippen molar-refractivity contribution in [3.63, 3.8) is 0 Å². The molecule has 0 heterocycles. The van der Waals surface area contributed by atoms with Gasteiger partial charge in [-0.1, -0.05) is 60.7 Å². The van der Waals surface area contributed by atoms with E-state index in [4.69, 9.17) is 10.2 Å². The van der Waals surface area contributed by atoms with Crippen LogP contribution in [0.3, 0.4) is 0 Å². The monoisotopic (exact) mass is 592 g/mol. The van der Waals surface area contributed by atoms with Crippen LogP contribution in [0.5, 0.6) is 0 Å². The van der Waals surface area contributed by atoms with Crippen molar-refractivity contribution in [3.05, 3.63) is 71.8 Å². The average Bonchev–Trinajstić information content (AvgIpc) is 2.80. The molecule has 0 aliphatic heterocycles. The van der Waals surface area contributed by atoms with Gasteiger partial charge in [0.25, 0.3) is 0 Å². The fourth-order valence-electron chi connectivity index (χ4n) is 2.26. The molecule has 10 nitrogen and oxygen atoms in total. The number of aliphatic hydroxyl groups excluding tert-OH is 2. The van der Waals surface area contributed by atoms with Gasteiger partial charge >= 0.3 is 26.2 Å². The third-order valence-electron chi connectivity index (χ3n) is 3.59. The Hall–Kier alpha value is -3.14. The summed E-state index contributed by atoms with van der Waals surface area (Å²) in [7, 11) is 0. The minimum atomic E-state index is -1.46. The van der Waals surface area contributed by atoms with Gasteiger partial charge in [0.05, 0.1) is 12.8 Å². The van der Waals surface area contributed by atoms with E-state index in [2.05, 4.69) is 0 Å². The van der Waals surface area contributed by atoms with Gasteiger partial charge in [0.1, 0.15) is 11.6 Å². The number of aliphatic hydroxyl groups is 2. The van der Waals surface area contributed by atoms with Gasteiger partial charge < -0.3 is 30.0 Å². The van der Waals surface area contributed by atoms with E-state index >= 15 is 0 Å². The molecule has 0 aromatic heterocycles. The summed E-state index contributed by atoms with van der Waals surface area (Å²) in [5, 5.41) is 35.3. The fourth-order valence-corrected chi connectivity index (χ4v) is 2.26. The SMILES string of the molecule is CCO.CCO.O=C([O-])CC(=O)CC(=O)c1ccccc1.O=C([O-])CC(=O)CC(=O)c1ccccc1.[Zr+2]. The average molecular weight is 594 g/mol. The molecule has 0 radical (unpaired) electrons. The smallest absolute Gasteiger partial charge is 0.550 e. The molecular weight excluding hydrogens is 564 g/mol. The van der Waals surface area contributed by atoms with E-state index in [-0.39, 0.29) is 51.0 Å². The molecule has 0 amide bonds. The maximum Gasteiger partial charge on any atom is 2.00 e. The summed E-state index contributed by atoms with van der Waals surface area (Å²) in [6, 6.07) is 16.5. The Morgan fingerprint density at radius 1 is 0.568 bits per heavy atom. The first-order valence-corrected chi connectivity index (χ1v) is 10.8. The van der Waals surface area contributed by atoms with Crippen LogP contribution in [-0.2, 0) is 45.4 Å². The zero-order valence-electron chi connectivity index (χ0n) is 20.7. The van der Waals surface area contributed by atoms with E-state index in [0.717, 1.165) is 0 Å². The molecule has 198 valence electrons. The zero-order valence-corrected chi connectivity index (χ0v) is 23.1. The van der Waals surface area contributed by atoms with Crippen molar-refractivity contribution in [2.45, 2.75) is 39.5 Å². The second kappa shape index (κ2) is 24.6. The van der Waals surface area contributed by atoms with Crippen molar-refractivity contribution in [2.75, 3.05) is 13.2 Å². The number of Topliss-reactive ketones (excluding diaryl/α,β-unsaturated/α-hetero) is 4. The van der Waals surface area contributed by atoms with E-state index in [9.17, 15) is 39.0 Å². The summed E-state index contributed by atoms with van der Waals surface area (Å²) in [5.74, 6) is -4.93. The molecule has 0 atom stereocenters. The van der Waals surface area contributed by atoms with Crippen LogP contribution in [-0.4, -0.2) is 58.5 Å². The van der Waals surface area contributed by atoms with Gasteiger partial charge in [-0.2, -0.15) is 0 Å². The molecule has 0 saturated heterocycles. The van der Waals surface area contributed by atoms with Crippen LogP contribution in [0.2, 0.25) is 0 Å². The number of aliphatic carboxylic acids is 2. The molecular formula is C26H30O10Zr. The van der Waals surface area contributed by atoms with Gasteiger partial charge in [-0.25, -0.2) is 0 Å². The third-order valence-corrected chi connectivity index (χ3v) is 3.59. The maximum atomic E-state index is 11.4. The van der Waals surface area contributed by atoms with Crippen LogP contribution in [0, 0.1) is 0 Å². The molecule has 0 saturated carbocycles. The van der Waals surface area contributed by atoms with Crippen LogP contribution in [0.25, 0.3) is 0 Å². The van der Waals surface area contributed by atoms with E-state index < -0.39 is 49.2 Å². The van der Waals surface area contributed by atoms with Crippen LogP contribution in [0.1, 0.15) is 60.2 Å². The molecule has 0 unspecified atom stereocenters. The van der Waals surface area contributed by atoms with Gasteiger partial charge in [0.2, 0.25) is 0 Å². The molecule has 37 heavy (non-hydrogen) atoms. The number of carboxylic acid groups (broad SMARTS) is 2. The number of rotatable bonds is 10. The first-order chi connectivity index (χ1) is 17.0. The Balaban J connectivity index is -0.000000504. The Kier molecular flexibility index (Phi) is 25.5. The van der Waals surface area contributed by atoms with E-state index in [1.807, 2.05) is 0 Å². The van der Waals surface area contributed by atoms with Crippen molar-refractivity contribution in [1.82, 2.24) is 0 Å². The van der Waals surface area contributed by atoms with Crippen molar-refractivity contribution in [2.24, 2.45) is 0 Å². The summed E-state index contributed by atoms with van der Waals surface area (Å²) >= 11 is 0. The Morgan fingerprint density at radius 2 is 0.811 bits per heavy atom. The number of carbonyl (C=O) groups excluding carboxylic acids is 6. The van der Waals surface area contributed by atoms with E-state index in [1.165, 1.54) is 0 Å². The summed E-state index contributed by atoms with van der Waals surface area (Å²) in [6.45, 7) is 3.86. The predicted molar refractivity (Wildman–Crippen MR) is 126 cm³/mol. The summed E-state index contributed by atoms with van der Waals surface area (Å²) in [6.07, 6.45) is -2.20. The molecule has 11 heteroatoms. The largest absolute Gasteiger partial charge is 2.00 e. The number of ketones is 4. The molecule has 2 aromatic rings. The topological polar surface area (TPSA) is 189 Å². The second-order valence-electron chi connectivity index (χ2n) is 6.74. The van der Waals surface area contributed by atoms with Crippen LogP contribution < -0.4 is 10.2 Å². The van der Waals surface area contributed by atoms with Crippen molar-refractivity contribution in [1.29, 1.82) is 0 Å². The molecule has 2 N–H and O–H groups in total. The van der Waals surface area contributed by atoms with Crippen LogP contribution >= 0.6 is 0 Å². The zero-order chi connectivity index (χ0) is 27.9. The van der Waals surface area contributed by atoms with Gasteiger partial charge in [0, 0.05) is 49.1 Å². The van der Waals surface area contributed by atoms with Gasteiger partial charge in [-0.15, -0.1) is 0 Å². The molecule has 0 spiro atoms. The Morgan fingerprint density at radius 3 is 1.03 bits per heavy atom. The maximum absolute atomic E-state index is 11.4. The predicted octanol–water partition coefficient (Wildman–Crippen LogP) is -0.0683. The van der Waals surface area contributed by atoms with Gasteiger partial charge in [0.15, 0.2) is 11.6 Å². The first-order valence-electron chi connectivity index (χ1n) is 10.8. The van der Waals surface area contributed by atoms with Crippen molar-refractivity contribution < 1.29 is 75.4 Å². The quantitative estimate of drug-likeness (QED) is 0.279. The molecule has 0 bridgehead atoms. The minimum absolute atomic E-state index is 0. The Labute approximate surface area is 234 Å². The summed E-state index contributed by atoms with van der Waals surface area (Å²) < 4.78 is 0. The summed E-state index contributed by atoms with van der Waals surface area (Å²) in [5.41, 5.74) is 0.813. The Bertz CT molecular complexity index is 880. The second-order valence-corrected chi connectivity index (χ2v) is 6.74. The molecule has 0 aliphatic carbocycles. The van der Waals surface area contributed by atoms with Crippen molar-refractivity contribution in [3.8, 4) is 0 Å². The molecule has 2 rings (SSSR count). The van der Waals surface area contributed by atoms with E-state index in [1.54, 1.807) is 74.5 Å². The molecule has 2 aromatic carbocycles. The number of carboxylic acids is 2. The third kappa shape index (κ3) is 23.0. The fraction of sp³-hybridized carbons (Fsp3) is 0.308. The molecule has 0 aliphatic rings. The van der Waals surface area contributed by atoms with Gasteiger partial charge in [-0.3, -0.25) is 19.2 Å². The van der Waals surface area contributed by atoms with Gasteiger partial charge in [-0.05, 0) is 13.8 Å². The van der Waals surface area contributed by atoms with Crippen LogP contribution in [0.15, 0.2) is 60.7 Å². The number of benzene rings is 2. The van der Waals surface area contributed by atoms with Crippen molar-refractivity contribution >= 4 is 35.1 Å². The van der Waals surface area contributed by atoms with E-state index in [0.29, 0.717) is 11.1 Å².